The van der Waals surface area contributed by atoms with Crippen LogP contribution >= 0.6 is 11.3 Å². The third-order valence-corrected chi connectivity index (χ3v) is 4.31. The summed E-state index contributed by atoms with van der Waals surface area (Å²) in [6.07, 6.45) is 0.941. The first-order valence-electron chi connectivity index (χ1n) is 6.98. The lowest BCUT2D eigenvalue weighted by Crippen LogP contribution is -2.17. The van der Waals surface area contributed by atoms with Crippen LogP contribution in [0, 0.1) is 0 Å². The number of benzene rings is 1. The number of ether oxygens (including phenoxy) is 2. The van der Waals surface area contributed by atoms with Gasteiger partial charge in [-0.25, -0.2) is 0 Å². The van der Waals surface area contributed by atoms with E-state index >= 15 is 0 Å². The van der Waals surface area contributed by atoms with Crippen LogP contribution in [0.15, 0.2) is 35.7 Å². The third kappa shape index (κ3) is 3.14. The summed E-state index contributed by atoms with van der Waals surface area (Å²) in [6, 6.07) is 10.7. The first-order valence-corrected chi connectivity index (χ1v) is 7.86. The molecule has 0 radical (unpaired) electrons. The minimum Gasteiger partial charge on any atom is -0.490 e. The molecule has 4 heteroatoms. The highest BCUT2D eigenvalue weighted by atomic mass is 32.1. The zero-order valence-corrected chi connectivity index (χ0v) is 12.4. The molecule has 2 heterocycles. The van der Waals surface area contributed by atoms with Crippen LogP contribution in [-0.2, 0) is 6.54 Å². The van der Waals surface area contributed by atoms with E-state index in [-0.39, 0.29) is 6.04 Å². The van der Waals surface area contributed by atoms with Gasteiger partial charge >= 0.3 is 0 Å². The van der Waals surface area contributed by atoms with Crippen LogP contribution in [0.2, 0.25) is 0 Å². The topological polar surface area (TPSA) is 30.5 Å². The van der Waals surface area contributed by atoms with Crippen molar-refractivity contribution in [1.29, 1.82) is 0 Å². The molecule has 0 bridgehead atoms. The van der Waals surface area contributed by atoms with E-state index in [4.69, 9.17) is 9.47 Å². The molecule has 1 aliphatic heterocycles. The fourth-order valence-electron chi connectivity index (χ4n) is 2.23. The Bertz CT molecular complexity index is 554. The minimum atomic E-state index is 0.286. The fourth-order valence-corrected chi connectivity index (χ4v) is 2.89. The van der Waals surface area contributed by atoms with E-state index < -0.39 is 0 Å². The van der Waals surface area contributed by atoms with Crippen LogP contribution in [0.4, 0.5) is 0 Å². The van der Waals surface area contributed by atoms with E-state index in [1.54, 1.807) is 11.3 Å². The molecular weight excluding hydrogens is 270 g/mol. The van der Waals surface area contributed by atoms with Crippen molar-refractivity contribution < 1.29 is 9.47 Å². The summed E-state index contributed by atoms with van der Waals surface area (Å²) in [5, 5.41) is 5.64. The number of fused-ring (bicyclic) bond motifs is 1. The number of hydrogen-bond acceptors (Lipinski definition) is 4. The molecule has 2 aromatic rings. The van der Waals surface area contributed by atoms with Gasteiger partial charge in [-0.15, -0.1) is 11.3 Å². The zero-order chi connectivity index (χ0) is 13.8. The molecule has 0 spiro atoms. The van der Waals surface area contributed by atoms with Gasteiger partial charge in [-0.3, -0.25) is 0 Å². The predicted molar refractivity (Wildman–Crippen MR) is 81.6 cm³/mol. The number of thiophene rings is 1. The van der Waals surface area contributed by atoms with Crippen molar-refractivity contribution in [2.75, 3.05) is 13.2 Å². The van der Waals surface area contributed by atoms with E-state index in [0.29, 0.717) is 0 Å². The lowest BCUT2D eigenvalue weighted by molar-refractivity contribution is 0.297. The number of nitrogens with one attached hydrogen (secondary N) is 1. The molecule has 106 valence electrons. The van der Waals surface area contributed by atoms with Gasteiger partial charge in [0.2, 0.25) is 0 Å². The summed E-state index contributed by atoms with van der Waals surface area (Å²) in [4.78, 5) is 1.35. The number of hydrogen-bond donors (Lipinski definition) is 1. The zero-order valence-electron chi connectivity index (χ0n) is 11.6. The van der Waals surface area contributed by atoms with Crippen molar-refractivity contribution in [3.8, 4) is 11.5 Å². The number of rotatable bonds is 4. The van der Waals surface area contributed by atoms with Gasteiger partial charge in [-0.2, -0.15) is 0 Å². The Hall–Kier alpha value is -1.52. The van der Waals surface area contributed by atoms with E-state index in [9.17, 15) is 0 Å². The minimum absolute atomic E-state index is 0.286. The summed E-state index contributed by atoms with van der Waals surface area (Å²) < 4.78 is 11.4. The molecule has 0 amide bonds. The van der Waals surface area contributed by atoms with Crippen LogP contribution < -0.4 is 14.8 Å². The van der Waals surface area contributed by atoms with Crippen molar-refractivity contribution in [2.45, 2.75) is 25.9 Å². The maximum Gasteiger partial charge on any atom is 0.161 e. The Morgan fingerprint density at radius 3 is 2.85 bits per heavy atom. The molecule has 0 aliphatic carbocycles. The van der Waals surface area contributed by atoms with Gasteiger partial charge in [0.05, 0.1) is 13.2 Å². The molecule has 3 nitrogen and oxygen atoms in total. The molecule has 1 aliphatic rings. The molecule has 0 saturated heterocycles. The molecule has 0 fully saturated rings. The maximum absolute atomic E-state index is 5.74. The molecule has 1 aromatic heterocycles. The Morgan fingerprint density at radius 1 is 1.20 bits per heavy atom. The van der Waals surface area contributed by atoms with Crippen molar-refractivity contribution in [1.82, 2.24) is 5.32 Å². The highest BCUT2D eigenvalue weighted by Crippen LogP contribution is 2.32. The Balaban J connectivity index is 1.68. The molecule has 20 heavy (non-hydrogen) atoms. The van der Waals surface area contributed by atoms with E-state index in [0.717, 1.165) is 37.7 Å². The van der Waals surface area contributed by atoms with Crippen molar-refractivity contribution >= 4 is 11.3 Å². The summed E-state index contributed by atoms with van der Waals surface area (Å²) in [6.45, 7) is 4.53. The monoisotopic (exact) mass is 289 g/mol. The predicted octanol–water partition coefficient (Wildman–Crippen LogP) is 3.76. The third-order valence-electron chi connectivity index (χ3n) is 3.43. The SMILES string of the molecule is CC(NCc1cccs1)c1ccc2c(c1)OCCCO2. The average molecular weight is 289 g/mol. The molecular formula is C16H19NO2S. The summed E-state index contributed by atoms with van der Waals surface area (Å²) in [5.41, 5.74) is 1.23. The lowest BCUT2D eigenvalue weighted by Gasteiger charge is -2.16. The molecule has 1 aromatic carbocycles. The van der Waals surface area contributed by atoms with E-state index in [1.165, 1.54) is 10.4 Å². The van der Waals surface area contributed by atoms with E-state index in [2.05, 4.69) is 41.9 Å². The van der Waals surface area contributed by atoms with Crippen molar-refractivity contribution in [2.24, 2.45) is 0 Å². The van der Waals surface area contributed by atoms with Gasteiger partial charge in [0.15, 0.2) is 11.5 Å². The van der Waals surface area contributed by atoms with Crippen LogP contribution in [0.25, 0.3) is 0 Å². The summed E-state index contributed by atoms with van der Waals surface area (Å²) in [5.74, 6) is 1.72. The Morgan fingerprint density at radius 2 is 2.05 bits per heavy atom. The van der Waals surface area contributed by atoms with Crippen LogP contribution in [0.5, 0.6) is 11.5 Å². The van der Waals surface area contributed by atoms with Gasteiger partial charge < -0.3 is 14.8 Å². The maximum atomic E-state index is 5.74. The van der Waals surface area contributed by atoms with Gasteiger partial charge in [-0.1, -0.05) is 12.1 Å². The van der Waals surface area contributed by atoms with Crippen molar-refractivity contribution in [3.63, 3.8) is 0 Å². The van der Waals surface area contributed by atoms with Crippen molar-refractivity contribution in [3.05, 3.63) is 46.2 Å². The Kier molecular flexibility index (Phi) is 4.23. The van der Waals surface area contributed by atoms with Gasteiger partial charge in [0, 0.05) is 23.9 Å². The first kappa shape index (κ1) is 13.5. The first-order chi connectivity index (χ1) is 9.83. The van der Waals surface area contributed by atoms with Gasteiger partial charge in [0.25, 0.3) is 0 Å². The lowest BCUT2D eigenvalue weighted by atomic mass is 10.1. The molecule has 0 saturated carbocycles. The van der Waals surface area contributed by atoms with Gasteiger partial charge in [0.1, 0.15) is 0 Å². The largest absolute Gasteiger partial charge is 0.490 e. The molecule has 1 unspecified atom stereocenters. The molecule has 1 atom stereocenters. The highest BCUT2D eigenvalue weighted by molar-refractivity contribution is 7.09. The normalized spacial score (nSPS) is 15.7. The molecule has 3 rings (SSSR count). The fraction of sp³-hybridized carbons (Fsp3) is 0.375. The van der Waals surface area contributed by atoms with Gasteiger partial charge in [-0.05, 0) is 36.1 Å². The quantitative estimate of drug-likeness (QED) is 0.929. The second-order valence-electron chi connectivity index (χ2n) is 4.94. The second-order valence-corrected chi connectivity index (χ2v) is 5.97. The van der Waals surface area contributed by atoms with Crippen LogP contribution in [0.3, 0.4) is 0 Å². The highest BCUT2D eigenvalue weighted by Gasteiger charge is 2.13. The standard InChI is InChI=1S/C16H19NO2S/c1-12(17-11-14-4-2-9-20-14)13-5-6-15-16(10-13)19-8-3-7-18-15/h2,4-6,9-10,12,17H,3,7-8,11H2,1H3. The summed E-state index contributed by atoms with van der Waals surface area (Å²) >= 11 is 1.78. The Labute approximate surface area is 123 Å². The van der Waals surface area contributed by atoms with E-state index in [1.807, 2.05) is 6.07 Å². The average Bonchev–Trinajstić information content (AvgIpc) is 2.88. The summed E-state index contributed by atoms with van der Waals surface area (Å²) in [7, 11) is 0. The molecule has 1 N–H and O–H groups in total. The van der Waals surface area contributed by atoms with Crippen LogP contribution in [-0.4, -0.2) is 13.2 Å². The smallest absolute Gasteiger partial charge is 0.161 e. The van der Waals surface area contributed by atoms with Crippen LogP contribution in [0.1, 0.15) is 29.8 Å². The second kappa shape index (κ2) is 6.29.